The van der Waals surface area contributed by atoms with Gasteiger partial charge in [0.1, 0.15) is 0 Å². The van der Waals surface area contributed by atoms with Crippen molar-refractivity contribution in [2.24, 2.45) is 5.92 Å². The van der Waals surface area contributed by atoms with Crippen molar-refractivity contribution in [2.75, 3.05) is 13.1 Å². The van der Waals surface area contributed by atoms with Crippen LogP contribution in [0.5, 0.6) is 0 Å². The standard InChI is InChI=1S/C13H20N4O2/c1-3-17-8-11(6-12(17)18)13(19)15-10(2)7-16-5-4-14-9-16/h4-5,9-11H,3,6-8H2,1-2H3,(H,15,19)/t10-,11+/m0/s1. The molecule has 1 aliphatic heterocycles. The molecule has 1 fully saturated rings. The molecule has 0 radical (unpaired) electrons. The van der Waals surface area contributed by atoms with E-state index in [2.05, 4.69) is 10.3 Å². The topological polar surface area (TPSA) is 67.2 Å². The summed E-state index contributed by atoms with van der Waals surface area (Å²) < 4.78 is 1.92. The number of nitrogens with one attached hydrogen (secondary N) is 1. The van der Waals surface area contributed by atoms with Gasteiger partial charge in [-0.15, -0.1) is 0 Å². The molecule has 1 aromatic rings. The molecule has 2 heterocycles. The smallest absolute Gasteiger partial charge is 0.225 e. The lowest BCUT2D eigenvalue weighted by molar-refractivity contribution is -0.129. The van der Waals surface area contributed by atoms with Gasteiger partial charge in [0.15, 0.2) is 0 Å². The molecule has 2 amide bonds. The van der Waals surface area contributed by atoms with E-state index in [1.807, 2.05) is 24.6 Å². The molecule has 0 spiro atoms. The maximum atomic E-state index is 12.1. The van der Waals surface area contributed by atoms with Gasteiger partial charge in [0.2, 0.25) is 11.8 Å². The average Bonchev–Trinajstić information content (AvgIpc) is 2.98. The minimum Gasteiger partial charge on any atom is -0.352 e. The highest BCUT2D eigenvalue weighted by atomic mass is 16.2. The molecule has 0 saturated carbocycles. The maximum absolute atomic E-state index is 12.1. The van der Waals surface area contributed by atoms with Crippen LogP contribution in [0.3, 0.4) is 0 Å². The number of carbonyl (C=O) groups excluding carboxylic acids is 2. The normalized spacial score (nSPS) is 20.6. The summed E-state index contributed by atoms with van der Waals surface area (Å²) in [6.45, 7) is 5.78. The molecule has 0 aliphatic carbocycles. The Morgan fingerprint density at radius 1 is 1.63 bits per heavy atom. The molecular weight excluding hydrogens is 244 g/mol. The number of hydrogen-bond donors (Lipinski definition) is 1. The van der Waals surface area contributed by atoms with E-state index in [0.717, 1.165) is 0 Å². The SMILES string of the molecule is CCN1C[C@H](C(=O)N[C@@H](C)Cn2ccnc2)CC1=O. The molecule has 6 heteroatoms. The highest BCUT2D eigenvalue weighted by Crippen LogP contribution is 2.17. The first-order valence-electron chi connectivity index (χ1n) is 6.64. The number of rotatable bonds is 5. The van der Waals surface area contributed by atoms with Gasteiger partial charge in [0.05, 0.1) is 12.2 Å². The number of likely N-dealkylation sites (tertiary alicyclic amines) is 1. The van der Waals surface area contributed by atoms with Crippen LogP contribution < -0.4 is 5.32 Å². The minimum absolute atomic E-state index is 0.0208. The van der Waals surface area contributed by atoms with Crippen molar-refractivity contribution >= 4 is 11.8 Å². The lowest BCUT2D eigenvalue weighted by Gasteiger charge is -2.17. The number of amides is 2. The third-order valence-corrected chi connectivity index (χ3v) is 3.40. The predicted molar refractivity (Wildman–Crippen MR) is 70.2 cm³/mol. The summed E-state index contributed by atoms with van der Waals surface area (Å²) in [5.74, 6) is -0.167. The van der Waals surface area contributed by atoms with Crippen LogP contribution in [0.2, 0.25) is 0 Å². The van der Waals surface area contributed by atoms with Crippen LogP contribution >= 0.6 is 0 Å². The van der Waals surface area contributed by atoms with Crippen molar-refractivity contribution in [3.05, 3.63) is 18.7 Å². The van der Waals surface area contributed by atoms with E-state index in [0.29, 0.717) is 26.1 Å². The number of aromatic nitrogens is 2. The largest absolute Gasteiger partial charge is 0.352 e. The lowest BCUT2D eigenvalue weighted by atomic mass is 10.1. The number of hydrogen-bond acceptors (Lipinski definition) is 3. The highest BCUT2D eigenvalue weighted by molar-refractivity contribution is 5.89. The summed E-state index contributed by atoms with van der Waals surface area (Å²) in [7, 11) is 0. The van der Waals surface area contributed by atoms with Gasteiger partial charge in [0.25, 0.3) is 0 Å². The number of imidazole rings is 1. The molecule has 0 unspecified atom stereocenters. The predicted octanol–water partition coefficient (Wildman–Crippen LogP) is 0.256. The van der Waals surface area contributed by atoms with Gasteiger partial charge in [-0.1, -0.05) is 0 Å². The monoisotopic (exact) mass is 264 g/mol. The molecule has 2 rings (SSSR count). The summed E-state index contributed by atoms with van der Waals surface area (Å²) >= 11 is 0. The van der Waals surface area contributed by atoms with Gasteiger partial charge in [-0.2, -0.15) is 0 Å². The van der Waals surface area contributed by atoms with Crippen molar-refractivity contribution in [3.8, 4) is 0 Å². The van der Waals surface area contributed by atoms with E-state index >= 15 is 0 Å². The van der Waals surface area contributed by atoms with Gasteiger partial charge >= 0.3 is 0 Å². The van der Waals surface area contributed by atoms with Crippen LogP contribution in [-0.2, 0) is 16.1 Å². The van der Waals surface area contributed by atoms with E-state index in [1.54, 1.807) is 17.4 Å². The molecule has 2 atom stereocenters. The van der Waals surface area contributed by atoms with Gasteiger partial charge in [-0.3, -0.25) is 9.59 Å². The van der Waals surface area contributed by atoms with E-state index in [1.165, 1.54) is 0 Å². The molecule has 0 aromatic carbocycles. The van der Waals surface area contributed by atoms with E-state index < -0.39 is 0 Å². The Labute approximate surface area is 112 Å². The Morgan fingerprint density at radius 3 is 3.00 bits per heavy atom. The average molecular weight is 264 g/mol. The molecule has 1 aliphatic rings. The zero-order chi connectivity index (χ0) is 13.8. The fourth-order valence-electron chi connectivity index (χ4n) is 2.37. The summed E-state index contributed by atoms with van der Waals surface area (Å²) in [4.78, 5) is 29.4. The van der Waals surface area contributed by atoms with Crippen LogP contribution in [-0.4, -0.2) is 45.4 Å². The van der Waals surface area contributed by atoms with E-state index in [9.17, 15) is 9.59 Å². The highest BCUT2D eigenvalue weighted by Gasteiger charge is 2.33. The number of nitrogens with zero attached hydrogens (tertiary/aromatic N) is 3. The molecule has 0 bridgehead atoms. The fraction of sp³-hybridized carbons (Fsp3) is 0.615. The molecule has 6 nitrogen and oxygen atoms in total. The third kappa shape index (κ3) is 3.33. The maximum Gasteiger partial charge on any atom is 0.225 e. The third-order valence-electron chi connectivity index (χ3n) is 3.40. The first-order chi connectivity index (χ1) is 9.10. The lowest BCUT2D eigenvalue weighted by Crippen LogP contribution is -2.40. The molecule has 19 heavy (non-hydrogen) atoms. The molecule has 1 saturated heterocycles. The first-order valence-corrected chi connectivity index (χ1v) is 6.64. The van der Waals surface area contributed by atoms with Gasteiger partial charge in [-0.25, -0.2) is 4.98 Å². The van der Waals surface area contributed by atoms with Crippen LogP contribution in [0.4, 0.5) is 0 Å². The molecular formula is C13H20N4O2. The van der Waals surface area contributed by atoms with Gasteiger partial charge in [0, 0.05) is 44.5 Å². The van der Waals surface area contributed by atoms with E-state index in [-0.39, 0.29) is 23.8 Å². The Hall–Kier alpha value is -1.85. The summed E-state index contributed by atoms with van der Waals surface area (Å²) in [6.07, 6.45) is 5.63. The van der Waals surface area contributed by atoms with Crippen LogP contribution in [0, 0.1) is 5.92 Å². The zero-order valence-electron chi connectivity index (χ0n) is 11.4. The zero-order valence-corrected chi connectivity index (χ0v) is 11.4. The summed E-state index contributed by atoms with van der Waals surface area (Å²) in [5, 5.41) is 2.96. The fourth-order valence-corrected chi connectivity index (χ4v) is 2.37. The van der Waals surface area contributed by atoms with Crippen molar-refractivity contribution < 1.29 is 9.59 Å². The molecule has 104 valence electrons. The van der Waals surface area contributed by atoms with Gasteiger partial charge < -0.3 is 14.8 Å². The Morgan fingerprint density at radius 2 is 2.42 bits per heavy atom. The second kappa shape index (κ2) is 5.86. The van der Waals surface area contributed by atoms with Crippen LogP contribution in [0.25, 0.3) is 0 Å². The number of carbonyl (C=O) groups is 2. The van der Waals surface area contributed by atoms with Crippen molar-refractivity contribution in [3.63, 3.8) is 0 Å². The first kappa shape index (κ1) is 13.6. The quantitative estimate of drug-likeness (QED) is 0.829. The summed E-state index contributed by atoms with van der Waals surface area (Å²) in [5.41, 5.74) is 0. The summed E-state index contributed by atoms with van der Waals surface area (Å²) in [6, 6.07) is 0.0208. The minimum atomic E-state index is -0.210. The van der Waals surface area contributed by atoms with Gasteiger partial charge in [-0.05, 0) is 13.8 Å². The van der Waals surface area contributed by atoms with Crippen molar-refractivity contribution in [1.82, 2.24) is 19.8 Å². The Balaban J connectivity index is 1.82. The molecule has 1 N–H and O–H groups in total. The van der Waals surface area contributed by atoms with Crippen LogP contribution in [0.1, 0.15) is 20.3 Å². The Bertz CT molecular complexity index is 444. The molecule has 1 aromatic heterocycles. The van der Waals surface area contributed by atoms with E-state index in [4.69, 9.17) is 0 Å². The van der Waals surface area contributed by atoms with Crippen LogP contribution in [0.15, 0.2) is 18.7 Å². The Kier molecular flexibility index (Phi) is 4.19. The second-order valence-electron chi connectivity index (χ2n) is 5.00. The second-order valence-corrected chi connectivity index (χ2v) is 5.00. The van der Waals surface area contributed by atoms with Crippen molar-refractivity contribution in [2.45, 2.75) is 32.9 Å². The van der Waals surface area contributed by atoms with Crippen molar-refractivity contribution in [1.29, 1.82) is 0 Å².